The van der Waals surface area contributed by atoms with Gasteiger partial charge >= 0.3 is 0 Å². The SMILES string of the molecule is CC1CCC(NC(=O)c2cc(O)ccc2Cl)C1C. The van der Waals surface area contributed by atoms with Crippen LogP contribution in [0.4, 0.5) is 0 Å². The lowest BCUT2D eigenvalue weighted by atomic mass is 9.97. The van der Waals surface area contributed by atoms with E-state index in [9.17, 15) is 9.90 Å². The number of phenols is 1. The second-order valence-electron chi connectivity index (χ2n) is 5.16. The van der Waals surface area contributed by atoms with Crippen LogP contribution in [-0.2, 0) is 0 Å². The Hall–Kier alpha value is -1.22. The van der Waals surface area contributed by atoms with Gasteiger partial charge in [0.1, 0.15) is 5.75 Å². The molecule has 1 aromatic carbocycles. The zero-order chi connectivity index (χ0) is 13.3. The van der Waals surface area contributed by atoms with Crippen molar-refractivity contribution in [1.82, 2.24) is 5.32 Å². The topological polar surface area (TPSA) is 49.3 Å². The molecule has 0 heterocycles. The third-order valence-electron chi connectivity index (χ3n) is 3.98. The summed E-state index contributed by atoms with van der Waals surface area (Å²) in [5.74, 6) is 0.958. The number of phenolic OH excluding ortho intramolecular Hbond substituents is 1. The molecular weight excluding hydrogens is 250 g/mol. The molecule has 1 aliphatic rings. The number of aromatic hydroxyl groups is 1. The van der Waals surface area contributed by atoms with Crippen LogP contribution in [-0.4, -0.2) is 17.1 Å². The standard InChI is InChI=1S/C14H18ClNO2/c1-8-3-6-13(9(8)2)16-14(18)11-7-10(17)4-5-12(11)15/h4-5,7-9,13,17H,3,6H2,1-2H3,(H,16,18). The van der Waals surface area contributed by atoms with Gasteiger partial charge < -0.3 is 10.4 Å². The molecular formula is C14H18ClNO2. The van der Waals surface area contributed by atoms with E-state index in [0.29, 0.717) is 22.4 Å². The summed E-state index contributed by atoms with van der Waals surface area (Å²) in [5.41, 5.74) is 0.336. The molecule has 3 unspecified atom stereocenters. The van der Waals surface area contributed by atoms with Crippen molar-refractivity contribution in [3.63, 3.8) is 0 Å². The van der Waals surface area contributed by atoms with Gasteiger partial charge in [-0.2, -0.15) is 0 Å². The third kappa shape index (κ3) is 2.61. The van der Waals surface area contributed by atoms with E-state index in [0.717, 1.165) is 12.8 Å². The highest BCUT2D eigenvalue weighted by atomic mass is 35.5. The molecule has 18 heavy (non-hydrogen) atoms. The highest BCUT2D eigenvalue weighted by molar-refractivity contribution is 6.33. The van der Waals surface area contributed by atoms with Crippen LogP contribution in [0.2, 0.25) is 5.02 Å². The second-order valence-corrected chi connectivity index (χ2v) is 5.57. The summed E-state index contributed by atoms with van der Waals surface area (Å²) in [4.78, 5) is 12.1. The maximum absolute atomic E-state index is 12.1. The van der Waals surface area contributed by atoms with E-state index in [4.69, 9.17) is 11.6 Å². The zero-order valence-corrected chi connectivity index (χ0v) is 11.4. The summed E-state index contributed by atoms with van der Waals surface area (Å²) in [6, 6.07) is 4.61. The summed E-state index contributed by atoms with van der Waals surface area (Å²) in [7, 11) is 0. The number of hydrogen-bond donors (Lipinski definition) is 2. The Morgan fingerprint density at radius 1 is 1.39 bits per heavy atom. The van der Waals surface area contributed by atoms with E-state index in [1.165, 1.54) is 18.2 Å². The number of hydrogen-bond acceptors (Lipinski definition) is 2. The monoisotopic (exact) mass is 267 g/mol. The summed E-state index contributed by atoms with van der Waals surface area (Å²) in [6.45, 7) is 4.37. The van der Waals surface area contributed by atoms with E-state index in [2.05, 4.69) is 19.2 Å². The second kappa shape index (κ2) is 5.19. The van der Waals surface area contributed by atoms with Crippen LogP contribution in [0.15, 0.2) is 18.2 Å². The smallest absolute Gasteiger partial charge is 0.253 e. The van der Waals surface area contributed by atoms with Crippen LogP contribution >= 0.6 is 11.6 Å². The molecule has 1 aromatic rings. The molecule has 1 fully saturated rings. The van der Waals surface area contributed by atoms with Gasteiger partial charge in [0.2, 0.25) is 0 Å². The molecule has 3 atom stereocenters. The Morgan fingerprint density at radius 3 is 2.72 bits per heavy atom. The fourth-order valence-electron chi connectivity index (χ4n) is 2.50. The minimum Gasteiger partial charge on any atom is -0.508 e. The molecule has 3 nitrogen and oxygen atoms in total. The fourth-order valence-corrected chi connectivity index (χ4v) is 2.71. The van der Waals surface area contributed by atoms with Crippen LogP contribution in [0, 0.1) is 11.8 Å². The van der Waals surface area contributed by atoms with Crippen molar-refractivity contribution in [3.05, 3.63) is 28.8 Å². The van der Waals surface area contributed by atoms with Gasteiger partial charge in [-0.25, -0.2) is 0 Å². The van der Waals surface area contributed by atoms with Crippen LogP contribution in [0.1, 0.15) is 37.0 Å². The highest BCUT2D eigenvalue weighted by Gasteiger charge is 2.31. The average Bonchev–Trinajstić information content (AvgIpc) is 2.64. The number of amides is 1. The predicted octanol–water partition coefficient (Wildman–Crippen LogP) is 3.21. The maximum atomic E-state index is 12.1. The fraction of sp³-hybridized carbons (Fsp3) is 0.500. The summed E-state index contributed by atoms with van der Waals surface area (Å²) in [6.07, 6.45) is 2.14. The van der Waals surface area contributed by atoms with Crippen molar-refractivity contribution in [2.45, 2.75) is 32.7 Å². The number of nitrogens with one attached hydrogen (secondary N) is 1. The molecule has 0 radical (unpaired) electrons. The predicted molar refractivity (Wildman–Crippen MR) is 71.9 cm³/mol. The Balaban J connectivity index is 2.10. The first kappa shape index (κ1) is 13.2. The number of carbonyl (C=O) groups excluding carboxylic acids is 1. The third-order valence-corrected chi connectivity index (χ3v) is 4.31. The van der Waals surface area contributed by atoms with Crippen molar-refractivity contribution < 1.29 is 9.90 Å². The van der Waals surface area contributed by atoms with E-state index in [-0.39, 0.29) is 17.7 Å². The molecule has 0 aliphatic heterocycles. The number of carbonyl (C=O) groups is 1. The summed E-state index contributed by atoms with van der Waals surface area (Å²) >= 11 is 5.97. The number of rotatable bonds is 2. The first-order valence-electron chi connectivity index (χ1n) is 6.28. The van der Waals surface area contributed by atoms with Gasteiger partial charge in [-0.1, -0.05) is 25.4 Å². The van der Waals surface area contributed by atoms with E-state index in [1.807, 2.05) is 0 Å². The number of halogens is 1. The molecule has 0 spiro atoms. The van der Waals surface area contributed by atoms with Crippen molar-refractivity contribution in [3.8, 4) is 5.75 Å². The van der Waals surface area contributed by atoms with E-state index in [1.54, 1.807) is 0 Å². The highest BCUT2D eigenvalue weighted by Crippen LogP contribution is 2.31. The first-order valence-corrected chi connectivity index (χ1v) is 6.66. The molecule has 0 aromatic heterocycles. The Kier molecular flexibility index (Phi) is 3.81. The lowest BCUT2D eigenvalue weighted by Crippen LogP contribution is -2.37. The molecule has 1 saturated carbocycles. The molecule has 1 amide bonds. The molecule has 2 rings (SSSR count). The zero-order valence-electron chi connectivity index (χ0n) is 10.6. The molecule has 4 heteroatoms. The molecule has 0 bridgehead atoms. The van der Waals surface area contributed by atoms with Crippen LogP contribution in [0.25, 0.3) is 0 Å². The Bertz CT molecular complexity index is 461. The lowest BCUT2D eigenvalue weighted by Gasteiger charge is -2.20. The van der Waals surface area contributed by atoms with Gasteiger partial charge in [0.15, 0.2) is 0 Å². The molecule has 2 N–H and O–H groups in total. The summed E-state index contributed by atoms with van der Waals surface area (Å²) < 4.78 is 0. The Labute approximate surface area is 112 Å². The van der Waals surface area contributed by atoms with Crippen LogP contribution < -0.4 is 5.32 Å². The van der Waals surface area contributed by atoms with Gasteiger partial charge in [-0.15, -0.1) is 0 Å². The van der Waals surface area contributed by atoms with Crippen LogP contribution in [0.5, 0.6) is 5.75 Å². The number of benzene rings is 1. The molecule has 1 aliphatic carbocycles. The van der Waals surface area contributed by atoms with Gasteiger partial charge in [0.25, 0.3) is 5.91 Å². The van der Waals surface area contributed by atoms with Crippen molar-refractivity contribution in [2.24, 2.45) is 11.8 Å². The lowest BCUT2D eigenvalue weighted by molar-refractivity contribution is 0.0927. The maximum Gasteiger partial charge on any atom is 0.253 e. The minimum atomic E-state index is -0.207. The Morgan fingerprint density at radius 2 is 2.11 bits per heavy atom. The van der Waals surface area contributed by atoms with E-state index >= 15 is 0 Å². The van der Waals surface area contributed by atoms with Gasteiger partial charge in [0.05, 0.1) is 10.6 Å². The minimum absolute atomic E-state index is 0.0531. The quantitative estimate of drug-likeness (QED) is 0.864. The van der Waals surface area contributed by atoms with E-state index < -0.39 is 0 Å². The van der Waals surface area contributed by atoms with Crippen LogP contribution in [0.3, 0.4) is 0 Å². The van der Waals surface area contributed by atoms with Gasteiger partial charge in [-0.05, 0) is 42.9 Å². The largest absolute Gasteiger partial charge is 0.508 e. The van der Waals surface area contributed by atoms with Gasteiger partial charge in [-0.3, -0.25) is 4.79 Å². The summed E-state index contributed by atoms with van der Waals surface area (Å²) in [5, 5.41) is 12.8. The van der Waals surface area contributed by atoms with Crippen molar-refractivity contribution in [1.29, 1.82) is 0 Å². The molecule has 98 valence electrons. The first-order chi connectivity index (χ1) is 8.49. The normalized spacial score (nSPS) is 27.2. The van der Waals surface area contributed by atoms with Crippen molar-refractivity contribution in [2.75, 3.05) is 0 Å². The van der Waals surface area contributed by atoms with Gasteiger partial charge in [0, 0.05) is 6.04 Å². The molecule has 0 saturated heterocycles. The van der Waals surface area contributed by atoms with Crippen molar-refractivity contribution >= 4 is 17.5 Å². The average molecular weight is 268 g/mol.